The second-order valence-corrected chi connectivity index (χ2v) is 7.10. The number of carbonyl (C=O) groups is 1. The summed E-state index contributed by atoms with van der Waals surface area (Å²) in [6, 6.07) is 5.88. The zero-order chi connectivity index (χ0) is 17.9. The van der Waals surface area contributed by atoms with Gasteiger partial charge in [0, 0.05) is 24.4 Å². The lowest BCUT2D eigenvalue weighted by atomic mass is 9.75. The first-order valence-corrected chi connectivity index (χ1v) is 8.92. The lowest BCUT2D eigenvalue weighted by molar-refractivity contribution is -0.136. The quantitative estimate of drug-likeness (QED) is 0.638. The van der Waals surface area contributed by atoms with Gasteiger partial charge in [-0.05, 0) is 56.0 Å². The Labute approximate surface area is 149 Å². The zero-order valence-electron chi connectivity index (χ0n) is 14.5. The highest BCUT2D eigenvalue weighted by Crippen LogP contribution is 2.35. The number of nitrogens with zero attached hydrogens (tertiary/aromatic N) is 1. The van der Waals surface area contributed by atoms with Gasteiger partial charge in [0.25, 0.3) is 0 Å². The summed E-state index contributed by atoms with van der Waals surface area (Å²) in [6.45, 7) is 6.56. The Morgan fingerprint density at radius 1 is 1.40 bits per heavy atom. The molecule has 1 aromatic rings. The van der Waals surface area contributed by atoms with Crippen LogP contribution in [-0.4, -0.2) is 46.3 Å². The van der Waals surface area contributed by atoms with E-state index in [1.807, 2.05) is 24.3 Å². The van der Waals surface area contributed by atoms with Gasteiger partial charge in [-0.2, -0.15) is 0 Å². The first kappa shape index (κ1) is 17.7. The monoisotopic (exact) mass is 339 g/mol. The van der Waals surface area contributed by atoms with Crippen molar-refractivity contribution in [2.45, 2.75) is 37.7 Å². The molecule has 3 fully saturated rings. The Morgan fingerprint density at radius 3 is 2.76 bits per heavy atom. The minimum Gasteiger partial charge on any atom is -0.481 e. The average molecular weight is 339 g/mol. The van der Waals surface area contributed by atoms with Gasteiger partial charge in [-0.15, -0.1) is 6.58 Å². The summed E-state index contributed by atoms with van der Waals surface area (Å²) >= 11 is 0. The predicted octanol–water partition coefficient (Wildman–Crippen LogP) is 2.24. The third kappa shape index (κ3) is 4.12. The van der Waals surface area contributed by atoms with Gasteiger partial charge in [0.05, 0.1) is 0 Å². The van der Waals surface area contributed by atoms with Crippen molar-refractivity contribution < 1.29 is 15.0 Å². The maximum Gasteiger partial charge on any atom is 0.303 e. The lowest BCUT2D eigenvalue weighted by Gasteiger charge is -2.47. The minimum absolute atomic E-state index is 0.121. The van der Waals surface area contributed by atoms with Crippen molar-refractivity contribution in [1.29, 1.82) is 0 Å². The summed E-state index contributed by atoms with van der Waals surface area (Å²) in [7, 11) is 0. The second-order valence-electron chi connectivity index (χ2n) is 7.10. The van der Waals surface area contributed by atoms with Crippen LogP contribution in [0.15, 0.2) is 30.9 Å². The molecule has 4 rings (SSSR count). The zero-order valence-corrected chi connectivity index (χ0v) is 14.5. The largest absolute Gasteiger partial charge is 0.481 e. The second kappa shape index (κ2) is 7.43. The van der Waals surface area contributed by atoms with Crippen LogP contribution in [0.3, 0.4) is 0 Å². The van der Waals surface area contributed by atoms with Crippen molar-refractivity contribution in [3.8, 4) is 11.8 Å². The van der Waals surface area contributed by atoms with Gasteiger partial charge in [0.15, 0.2) is 0 Å². The molecule has 4 heteroatoms. The fraction of sp³-hybridized carbons (Fsp3) is 0.476. The molecular formula is C21H25NO3. The van der Waals surface area contributed by atoms with Crippen molar-refractivity contribution in [3.63, 3.8) is 0 Å². The minimum atomic E-state index is -0.913. The Balaban J connectivity index is 1.82. The number of rotatable bonds is 5. The molecule has 0 radical (unpaired) electrons. The van der Waals surface area contributed by atoms with Gasteiger partial charge in [-0.3, -0.25) is 9.69 Å². The summed E-state index contributed by atoms with van der Waals surface area (Å²) in [5.74, 6) is 5.82. The summed E-state index contributed by atoms with van der Waals surface area (Å²) in [5, 5.41) is 19.8. The molecule has 0 aliphatic carbocycles. The third-order valence-corrected chi connectivity index (χ3v) is 5.30. The maximum atomic E-state index is 10.9. The van der Waals surface area contributed by atoms with E-state index < -0.39 is 11.6 Å². The van der Waals surface area contributed by atoms with Crippen LogP contribution >= 0.6 is 0 Å². The molecule has 25 heavy (non-hydrogen) atoms. The van der Waals surface area contributed by atoms with Crippen LogP contribution in [0.1, 0.15) is 36.0 Å². The molecule has 4 nitrogen and oxygen atoms in total. The molecule has 0 saturated carbocycles. The van der Waals surface area contributed by atoms with Crippen LogP contribution in [-0.2, 0) is 17.6 Å². The third-order valence-electron chi connectivity index (χ3n) is 5.30. The van der Waals surface area contributed by atoms with Crippen LogP contribution in [0.2, 0.25) is 0 Å². The molecular weight excluding hydrogens is 314 g/mol. The molecule has 1 aromatic carbocycles. The summed E-state index contributed by atoms with van der Waals surface area (Å²) < 4.78 is 0. The molecule has 3 saturated heterocycles. The van der Waals surface area contributed by atoms with E-state index in [9.17, 15) is 9.90 Å². The number of aliphatic hydroxyl groups is 1. The number of aryl methyl sites for hydroxylation is 1. The number of fused-ring (bicyclic) bond motifs is 3. The highest BCUT2D eigenvalue weighted by atomic mass is 16.4. The Kier molecular flexibility index (Phi) is 5.27. The molecule has 2 bridgehead atoms. The number of benzene rings is 1. The average Bonchev–Trinajstić information content (AvgIpc) is 2.60. The number of hydrogen-bond donors (Lipinski definition) is 2. The summed E-state index contributed by atoms with van der Waals surface area (Å²) in [5.41, 5.74) is 2.01. The molecule has 0 aromatic heterocycles. The number of carboxylic acid groups (broad SMARTS) is 1. The number of carboxylic acids is 1. The van der Waals surface area contributed by atoms with Crippen molar-refractivity contribution >= 4 is 5.97 Å². The smallest absolute Gasteiger partial charge is 0.303 e. The van der Waals surface area contributed by atoms with Crippen LogP contribution in [0.25, 0.3) is 0 Å². The molecule has 2 N–H and O–H groups in total. The number of hydrogen-bond acceptors (Lipinski definition) is 3. The van der Waals surface area contributed by atoms with Crippen molar-refractivity contribution in [1.82, 2.24) is 4.90 Å². The normalized spacial score (nSPS) is 27.4. The Hall–Kier alpha value is -2.09. The molecule has 3 aliphatic heterocycles. The van der Waals surface area contributed by atoms with E-state index in [1.165, 1.54) is 0 Å². The van der Waals surface area contributed by atoms with E-state index in [2.05, 4.69) is 23.3 Å². The van der Waals surface area contributed by atoms with Crippen molar-refractivity contribution in [2.24, 2.45) is 5.92 Å². The molecule has 3 heterocycles. The maximum absolute atomic E-state index is 10.9. The van der Waals surface area contributed by atoms with E-state index in [-0.39, 0.29) is 12.3 Å². The molecule has 3 aliphatic rings. The van der Waals surface area contributed by atoms with Gasteiger partial charge in [-0.25, -0.2) is 0 Å². The SMILES string of the molecule is C=CCc1cc(CCC(=O)O)ccc1C#C[C@@]1(O)CN2CCC1CC2. The Morgan fingerprint density at radius 2 is 2.16 bits per heavy atom. The van der Waals surface area contributed by atoms with Gasteiger partial charge >= 0.3 is 5.97 Å². The van der Waals surface area contributed by atoms with Gasteiger partial charge in [0.2, 0.25) is 0 Å². The van der Waals surface area contributed by atoms with E-state index in [0.717, 1.165) is 42.6 Å². The van der Waals surface area contributed by atoms with Crippen LogP contribution in [0, 0.1) is 17.8 Å². The van der Waals surface area contributed by atoms with Gasteiger partial charge in [-0.1, -0.05) is 30.0 Å². The molecule has 0 spiro atoms. The van der Waals surface area contributed by atoms with Crippen molar-refractivity contribution in [3.05, 3.63) is 47.5 Å². The number of aliphatic carboxylic acids is 1. The van der Waals surface area contributed by atoms with Gasteiger partial charge < -0.3 is 10.2 Å². The lowest BCUT2D eigenvalue weighted by Crippen LogP contribution is -2.58. The summed E-state index contributed by atoms with van der Waals surface area (Å²) in [4.78, 5) is 13.0. The first-order valence-electron chi connectivity index (χ1n) is 8.92. The highest BCUT2D eigenvalue weighted by molar-refractivity contribution is 5.67. The highest BCUT2D eigenvalue weighted by Gasteiger charge is 2.44. The summed E-state index contributed by atoms with van der Waals surface area (Å²) in [6.07, 6.45) is 5.16. The molecule has 0 unspecified atom stereocenters. The van der Waals surface area contributed by atoms with E-state index in [0.29, 0.717) is 19.4 Å². The van der Waals surface area contributed by atoms with Crippen LogP contribution in [0.5, 0.6) is 0 Å². The van der Waals surface area contributed by atoms with E-state index in [1.54, 1.807) is 0 Å². The number of allylic oxidation sites excluding steroid dienone is 1. The van der Waals surface area contributed by atoms with Crippen LogP contribution < -0.4 is 0 Å². The van der Waals surface area contributed by atoms with Crippen molar-refractivity contribution in [2.75, 3.05) is 19.6 Å². The Bertz CT molecular complexity index is 722. The number of piperidine rings is 3. The molecule has 0 amide bonds. The standard InChI is InChI=1S/C21H25NO3/c1-2-3-18-14-16(5-7-20(23)24)4-6-17(18)8-11-21(25)15-22-12-9-19(21)10-13-22/h2,4,6,14,19,25H,1,3,5,7,9-10,12-13,15H2,(H,23,24)/t21-/m1/s1. The van der Waals surface area contributed by atoms with Gasteiger partial charge in [0.1, 0.15) is 5.60 Å². The topological polar surface area (TPSA) is 60.8 Å². The molecule has 1 atom stereocenters. The fourth-order valence-electron chi connectivity index (χ4n) is 3.86. The van der Waals surface area contributed by atoms with E-state index in [4.69, 9.17) is 5.11 Å². The van der Waals surface area contributed by atoms with E-state index >= 15 is 0 Å². The predicted molar refractivity (Wildman–Crippen MR) is 97.3 cm³/mol. The molecule has 132 valence electrons. The fourth-order valence-corrected chi connectivity index (χ4v) is 3.86. The van der Waals surface area contributed by atoms with Crippen LogP contribution in [0.4, 0.5) is 0 Å². The first-order chi connectivity index (χ1) is 12.0.